The number of hydrogen-bond acceptors (Lipinski definition) is 4. The van der Waals surface area contributed by atoms with E-state index in [1.54, 1.807) is 18.3 Å². The van der Waals surface area contributed by atoms with Crippen LogP contribution in [0.25, 0.3) is 0 Å². The lowest BCUT2D eigenvalue weighted by molar-refractivity contribution is -0.143. The van der Waals surface area contributed by atoms with Gasteiger partial charge in [-0.1, -0.05) is 0 Å². The fourth-order valence-electron chi connectivity index (χ4n) is 1.27. The zero-order chi connectivity index (χ0) is 10.4. The van der Waals surface area contributed by atoms with Crippen molar-refractivity contribution in [2.24, 2.45) is 5.73 Å². The molecule has 1 aromatic rings. The minimum atomic E-state index is -0.172. The molecule has 0 aliphatic rings. The van der Waals surface area contributed by atoms with Gasteiger partial charge in [0.15, 0.2) is 0 Å². The van der Waals surface area contributed by atoms with Crippen molar-refractivity contribution in [3.8, 4) is 0 Å². The zero-order valence-corrected chi connectivity index (χ0v) is 9.05. The first kappa shape index (κ1) is 11.2. The first-order chi connectivity index (χ1) is 6.77. The Balaban J connectivity index is 2.51. The van der Waals surface area contributed by atoms with Crippen molar-refractivity contribution < 1.29 is 9.53 Å². The van der Waals surface area contributed by atoms with E-state index in [0.29, 0.717) is 19.6 Å². The molecule has 1 aromatic heterocycles. The maximum atomic E-state index is 11.2. The van der Waals surface area contributed by atoms with Crippen LogP contribution in [0, 0.1) is 0 Å². The Kier molecular flexibility index (Phi) is 4.62. The Morgan fingerprint density at radius 2 is 2.50 bits per heavy atom. The molecule has 0 aliphatic carbocycles. The molecule has 0 bridgehead atoms. The van der Waals surface area contributed by atoms with E-state index < -0.39 is 0 Å². The van der Waals surface area contributed by atoms with Gasteiger partial charge in [-0.3, -0.25) is 4.79 Å². The van der Waals surface area contributed by atoms with Crippen molar-refractivity contribution in [2.75, 3.05) is 13.2 Å². The molecule has 0 spiro atoms. The van der Waals surface area contributed by atoms with E-state index in [1.165, 1.54) is 0 Å². The van der Waals surface area contributed by atoms with Crippen molar-refractivity contribution in [3.63, 3.8) is 0 Å². The largest absolute Gasteiger partial charge is 0.466 e. The first-order valence-corrected chi connectivity index (χ1v) is 5.60. The molecule has 0 saturated carbocycles. The van der Waals surface area contributed by atoms with Crippen LogP contribution in [0.3, 0.4) is 0 Å². The minimum absolute atomic E-state index is 0.0975. The Morgan fingerprint density at radius 3 is 3.00 bits per heavy atom. The lowest BCUT2D eigenvalue weighted by Crippen LogP contribution is -2.17. The highest BCUT2D eigenvalue weighted by Crippen LogP contribution is 2.21. The van der Waals surface area contributed by atoms with Crippen LogP contribution in [0.4, 0.5) is 0 Å². The molecule has 0 radical (unpaired) electrons. The van der Waals surface area contributed by atoms with Crippen LogP contribution < -0.4 is 5.73 Å². The summed E-state index contributed by atoms with van der Waals surface area (Å²) in [5.41, 5.74) is 6.74. The van der Waals surface area contributed by atoms with Gasteiger partial charge in [0.25, 0.3) is 0 Å². The zero-order valence-electron chi connectivity index (χ0n) is 8.23. The molecule has 0 aromatic carbocycles. The molecule has 1 rings (SSSR count). The second-order valence-electron chi connectivity index (χ2n) is 3.00. The van der Waals surface area contributed by atoms with Crippen molar-refractivity contribution in [1.82, 2.24) is 0 Å². The molecule has 3 nitrogen and oxygen atoms in total. The lowest BCUT2D eigenvalue weighted by Gasteiger charge is -2.11. The van der Waals surface area contributed by atoms with E-state index in [0.717, 1.165) is 5.56 Å². The van der Waals surface area contributed by atoms with E-state index in [4.69, 9.17) is 10.5 Å². The molecule has 0 fully saturated rings. The van der Waals surface area contributed by atoms with Gasteiger partial charge in [0.2, 0.25) is 0 Å². The van der Waals surface area contributed by atoms with E-state index >= 15 is 0 Å². The number of hydrogen-bond donors (Lipinski definition) is 1. The average molecular weight is 213 g/mol. The molecule has 1 heterocycles. The SMILES string of the molecule is CCOC(=O)CC(CN)c1ccsc1. The van der Waals surface area contributed by atoms with Crippen LogP contribution in [0.5, 0.6) is 0 Å². The quantitative estimate of drug-likeness (QED) is 0.758. The summed E-state index contributed by atoms with van der Waals surface area (Å²) >= 11 is 1.62. The van der Waals surface area contributed by atoms with Crippen molar-refractivity contribution >= 4 is 17.3 Å². The van der Waals surface area contributed by atoms with E-state index in [-0.39, 0.29) is 11.9 Å². The summed E-state index contributed by atoms with van der Waals surface area (Å²) in [5.74, 6) is -0.0746. The molecular weight excluding hydrogens is 198 g/mol. The van der Waals surface area contributed by atoms with Crippen LogP contribution >= 0.6 is 11.3 Å². The van der Waals surface area contributed by atoms with Crippen molar-refractivity contribution in [1.29, 1.82) is 0 Å². The summed E-state index contributed by atoms with van der Waals surface area (Å²) in [4.78, 5) is 11.2. The topological polar surface area (TPSA) is 52.3 Å². The van der Waals surface area contributed by atoms with E-state index in [1.807, 2.05) is 16.8 Å². The summed E-state index contributed by atoms with van der Waals surface area (Å²) in [7, 11) is 0. The van der Waals surface area contributed by atoms with Gasteiger partial charge in [-0.25, -0.2) is 0 Å². The predicted octanol–water partition coefficient (Wildman–Crippen LogP) is 1.74. The normalized spacial score (nSPS) is 12.4. The van der Waals surface area contributed by atoms with E-state index in [9.17, 15) is 4.79 Å². The maximum absolute atomic E-state index is 11.2. The number of carbonyl (C=O) groups excluding carboxylic acids is 1. The molecule has 2 N–H and O–H groups in total. The van der Waals surface area contributed by atoms with Crippen LogP contribution in [-0.4, -0.2) is 19.1 Å². The molecule has 4 heteroatoms. The number of thiophene rings is 1. The highest BCUT2D eigenvalue weighted by molar-refractivity contribution is 7.07. The highest BCUT2D eigenvalue weighted by Gasteiger charge is 2.15. The number of esters is 1. The third kappa shape index (κ3) is 3.12. The third-order valence-corrected chi connectivity index (χ3v) is 2.72. The smallest absolute Gasteiger partial charge is 0.306 e. The van der Waals surface area contributed by atoms with Crippen LogP contribution in [0.15, 0.2) is 16.8 Å². The minimum Gasteiger partial charge on any atom is -0.466 e. The Labute approximate surface area is 87.9 Å². The molecule has 78 valence electrons. The molecule has 14 heavy (non-hydrogen) atoms. The number of ether oxygens (including phenoxy) is 1. The second-order valence-corrected chi connectivity index (χ2v) is 3.78. The number of nitrogens with two attached hydrogens (primary N) is 1. The molecule has 1 atom stereocenters. The Hall–Kier alpha value is -0.870. The van der Waals surface area contributed by atoms with Gasteiger partial charge in [0.05, 0.1) is 13.0 Å². The van der Waals surface area contributed by atoms with Crippen molar-refractivity contribution in [2.45, 2.75) is 19.3 Å². The standard InChI is InChI=1S/C10H15NO2S/c1-2-13-10(12)5-9(6-11)8-3-4-14-7-8/h3-4,7,9H,2,5-6,11H2,1H3. The van der Waals surface area contributed by atoms with Crippen LogP contribution in [0.2, 0.25) is 0 Å². The third-order valence-electron chi connectivity index (χ3n) is 2.02. The average Bonchev–Trinajstić information content (AvgIpc) is 2.67. The fourth-order valence-corrected chi connectivity index (χ4v) is 2.01. The Bertz CT molecular complexity index is 272. The molecule has 0 saturated heterocycles. The first-order valence-electron chi connectivity index (χ1n) is 4.65. The van der Waals surface area contributed by atoms with Crippen LogP contribution in [0.1, 0.15) is 24.8 Å². The summed E-state index contributed by atoms with van der Waals surface area (Å²) < 4.78 is 4.88. The van der Waals surface area contributed by atoms with Gasteiger partial charge < -0.3 is 10.5 Å². The predicted molar refractivity (Wildman–Crippen MR) is 57.4 cm³/mol. The lowest BCUT2D eigenvalue weighted by atomic mass is 9.99. The van der Waals surface area contributed by atoms with Gasteiger partial charge in [-0.2, -0.15) is 11.3 Å². The molecule has 0 amide bonds. The molecular formula is C10H15NO2S. The summed E-state index contributed by atoms with van der Waals surface area (Å²) in [6, 6.07) is 2.00. The van der Waals surface area contributed by atoms with Gasteiger partial charge in [-0.05, 0) is 35.9 Å². The number of rotatable bonds is 5. The maximum Gasteiger partial charge on any atom is 0.306 e. The second kappa shape index (κ2) is 5.78. The summed E-state index contributed by atoms with van der Waals surface area (Å²) in [6.45, 7) is 2.72. The monoisotopic (exact) mass is 213 g/mol. The van der Waals surface area contributed by atoms with Crippen LogP contribution in [-0.2, 0) is 9.53 Å². The molecule has 1 unspecified atom stereocenters. The summed E-state index contributed by atoms with van der Waals surface area (Å²) in [5, 5.41) is 4.01. The van der Waals surface area contributed by atoms with Gasteiger partial charge >= 0.3 is 5.97 Å². The summed E-state index contributed by atoms with van der Waals surface area (Å²) in [6.07, 6.45) is 0.376. The number of carbonyl (C=O) groups is 1. The van der Waals surface area contributed by atoms with Gasteiger partial charge in [0, 0.05) is 5.92 Å². The van der Waals surface area contributed by atoms with E-state index in [2.05, 4.69) is 0 Å². The highest BCUT2D eigenvalue weighted by atomic mass is 32.1. The Morgan fingerprint density at radius 1 is 1.71 bits per heavy atom. The molecule has 0 aliphatic heterocycles. The fraction of sp³-hybridized carbons (Fsp3) is 0.500. The van der Waals surface area contributed by atoms with Gasteiger partial charge in [0.1, 0.15) is 0 Å². The van der Waals surface area contributed by atoms with Gasteiger partial charge in [-0.15, -0.1) is 0 Å². The van der Waals surface area contributed by atoms with Crippen molar-refractivity contribution in [3.05, 3.63) is 22.4 Å².